The average Bonchev–Trinajstić information content (AvgIpc) is 2.95. The molecule has 7 heteroatoms. The summed E-state index contributed by atoms with van der Waals surface area (Å²) in [4.78, 5) is 23.5. The van der Waals surface area contributed by atoms with Crippen molar-refractivity contribution < 1.29 is 33.6 Å². The standard InChI is InChI=1S/C31H36O7/c1-3-5-8-23-9-11-24(12-10-23)30(33)37-27-17-19-28(20-18-27)38-31(34)25-13-15-26(16-14-25)35-21-6-7-22-36-29(32)4-2/h4,9-17,19,30,33H,2-3,5-8,18,20-22H2,1H3. The lowest BCUT2D eigenvalue weighted by atomic mass is 10.1. The molecule has 0 aromatic heterocycles. The molecule has 2 aromatic rings. The zero-order valence-corrected chi connectivity index (χ0v) is 21.9. The molecule has 0 bridgehead atoms. The molecule has 0 fully saturated rings. The van der Waals surface area contributed by atoms with Crippen molar-refractivity contribution in [2.75, 3.05) is 13.2 Å². The molecule has 1 aliphatic rings. The highest BCUT2D eigenvalue weighted by atomic mass is 16.6. The van der Waals surface area contributed by atoms with Crippen molar-refractivity contribution in [3.8, 4) is 5.75 Å². The summed E-state index contributed by atoms with van der Waals surface area (Å²) in [6.07, 6.45) is 9.25. The molecule has 202 valence electrons. The van der Waals surface area contributed by atoms with Gasteiger partial charge in [-0.15, -0.1) is 0 Å². The van der Waals surface area contributed by atoms with Gasteiger partial charge in [-0.2, -0.15) is 0 Å². The normalized spacial score (nSPS) is 13.5. The zero-order valence-electron chi connectivity index (χ0n) is 21.9. The molecular formula is C31H36O7. The van der Waals surface area contributed by atoms with E-state index in [4.69, 9.17) is 18.9 Å². The van der Waals surface area contributed by atoms with E-state index in [0.29, 0.717) is 60.9 Å². The van der Waals surface area contributed by atoms with Crippen molar-refractivity contribution in [3.05, 3.63) is 102 Å². The lowest BCUT2D eigenvalue weighted by Crippen LogP contribution is -2.09. The summed E-state index contributed by atoms with van der Waals surface area (Å²) in [7, 11) is 0. The summed E-state index contributed by atoms with van der Waals surface area (Å²) in [5.41, 5.74) is 2.36. The van der Waals surface area contributed by atoms with Gasteiger partial charge < -0.3 is 24.1 Å². The molecular weight excluding hydrogens is 484 g/mol. The molecule has 3 rings (SSSR count). The van der Waals surface area contributed by atoms with Crippen molar-refractivity contribution >= 4 is 11.9 Å². The molecule has 0 radical (unpaired) electrons. The van der Waals surface area contributed by atoms with Gasteiger partial charge in [0.15, 0.2) is 0 Å². The van der Waals surface area contributed by atoms with E-state index in [-0.39, 0.29) is 0 Å². The van der Waals surface area contributed by atoms with Crippen LogP contribution >= 0.6 is 0 Å². The van der Waals surface area contributed by atoms with Gasteiger partial charge in [-0.25, -0.2) is 9.59 Å². The van der Waals surface area contributed by atoms with Gasteiger partial charge in [0, 0.05) is 24.5 Å². The number of hydrogen-bond donors (Lipinski definition) is 1. The Labute approximate surface area is 224 Å². The van der Waals surface area contributed by atoms with Crippen molar-refractivity contribution in [2.24, 2.45) is 0 Å². The number of carbonyl (C=O) groups is 2. The van der Waals surface area contributed by atoms with Crippen molar-refractivity contribution in [1.82, 2.24) is 0 Å². The fourth-order valence-corrected chi connectivity index (χ4v) is 3.71. The largest absolute Gasteiger partial charge is 0.494 e. The number of ether oxygens (including phenoxy) is 4. The Hall–Kier alpha value is -3.84. The lowest BCUT2D eigenvalue weighted by molar-refractivity contribution is -0.137. The molecule has 1 unspecified atom stereocenters. The number of benzene rings is 2. The van der Waals surface area contributed by atoms with Gasteiger partial charge in [0.1, 0.15) is 17.3 Å². The molecule has 0 amide bonds. The number of aliphatic hydroxyl groups is 1. The van der Waals surface area contributed by atoms with Crippen LogP contribution in [0, 0.1) is 0 Å². The van der Waals surface area contributed by atoms with Gasteiger partial charge in [0.2, 0.25) is 6.29 Å². The highest BCUT2D eigenvalue weighted by Gasteiger charge is 2.17. The molecule has 1 atom stereocenters. The highest BCUT2D eigenvalue weighted by molar-refractivity contribution is 5.90. The van der Waals surface area contributed by atoms with E-state index in [0.717, 1.165) is 31.8 Å². The smallest absolute Gasteiger partial charge is 0.343 e. The van der Waals surface area contributed by atoms with Gasteiger partial charge in [-0.1, -0.05) is 44.2 Å². The van der Waals surface area contributed by atoms with Gasteiger partial charge in [0.25, 0.3) is 0 Å². The van der Waals surface area contributed by atoms with E-state index >= 15 is 0 Å². The molecule has 0 spiro atoms. The van der Waals surface area contributed by atoms with Crippen LogP contribution in [0.5, 0.6) is 5.75 Å². The number of unbranched alkanes of at least 4 members (excludes halogenated alkanes) is 2. The fourth-order valence-electron chi connectivity index (χ4n) is 3.71. The van der Waals surface area contributed by atoms with E-state index in [2.05, 4.69) is 13.5 Å². The zero-order chi connectivity index (χ0) is 27.2. The third-order valence-electron chi connectivity index (χ3n) is 5.95. The van der Waals surface area contributed by atoms with Crippen LogP contribution in [-0.4, -0.2) is 30.3 Å². The first-order valence-corrected chi connectivity index (χ1v) is 13.1. The predicted octanol–water partition coefficient (Wildman–Crippen LogP) is 6.34. The summed E-state index contributed by atoms with van der Waals surface area (Å²) >= 11 is 0. The van der Waals surface area contributed by atoms with Crippen LogP contribution in [0.2, 0.25) is 0 Å². The molecule has 2 aromatic carbocycles. The second kappa shape index (κ2) is 15.4. The Kier molecular flexibility index (Phi) is 11.7. The van der Waals surface area contributed by atoms with Crippen LogP contribution in [0.25, 0.3) is 0 Å². The minimum absolute atomic E-state index is 0.325. The third kappa shape index (κ3) is 9.56. The van der Waals surface area contributed by atoms with Crippen LogP contribution in [-0.2, 0) is 25.4 Å². The molecule has 0 saturated carbocycles. The van der Waals surface area contributed by atoms with Gasteiger partial charge in [-0.05, 0) is 67.7 Å². The predicted molar refractivity (Wildman–Crippen MR) is 144 cm³/mol. The molecule has 0 heterocycles. The number of rotatable bonds is 15. The second-order valence-electron chi connectivity index (χ2n) is 8.92. The van der Waals surface area contributed by atoms with E-state index in [1.165, 1.54) is 5.56 Å². The first kappa shape index (κ1) is 28.7. The second-order valence-corrected chi connectivity index (χ2v) is 8.92. The van der Waals surface area contributed by atoms with E-state index in [9.17, 15) is 14.7 Å². The summed E-state index contributed by atoms with van der Waals surface area (Å²) in [5.74, 6) is 0.926. The third-order valence-corrected chi connectivity index (χ3v) is 5.95. The van der Waals surface area contributed by atoms with Gasteiger partial charge >= 0.3 is 11.9 Å². The highest BCUT2D eigenvalue weighted by Crippen LogP contribution is 2.26. The van der Waals surface area contributed by atoms with Crippen LogP contribution in [0.3, 0.4) is 0 Å². The van der Waals surface area contributed by atoms with E-state index in [1.807, 2.05) is 24.3 Å². The van der Waals surface area contributed by atoms with E-state index in [1.54, 1.807) is 36.4 Å². The van der Waals surface area contributed by atoms with Gasteiger partial charge in [0.05, 0.1) is 18.8 Å². The average molecular weight is 521 g/mol. The summed E-state index contributed by atoms with van der Waals surface area (Å²) < 4.78 is 21.8. The van der Waals surface area contributed by atoms with Crippen LogP contribution < -0.4 is 4.74 Å². The Morgan fingerprint density at radius 2 is 1.63 bits per heavy atom. The van der Waals surface area contributed by atoms with Crippen LogP contribution in [0.1, 0.15) is 73.2 Å². The summed E-state index contributed by atoms with van der Waals surface area (Å²) in [6.45, 7) is 6.31. The molecule has 7 nitrogen and oxygen atoms in total. The molecule has 0 saturated heterocycles. The number of carbonyl (C=O) groups excluding carboxylic acids is 2. The number of hydrogen-bond acceptors (Lipinski definition) is 7. The maximum Gasteiger partial charge on any atom is 0.343 e. The van der Waals surface area contributed by atoms with Crippen molar-refractivity contribution in [3.63, 3.8) is 0 Å². The number of esters is 2. The quantitative estimate of drug-likeness (QED) is 0.127. The molecule has 1 aliphatic carbocycles. The first-order chi connectivity index (χ1) is 18.5. The Morgan fingerprint density at radius 3 is 2.29 bits per heavy atom. The molecule has 38 heavy (non-hydrogen) atoms. The SMILES string of the molecule is C=CC(=O)OCCCCOc1ccc(C(=O)OC2=CC=C(OC(O)c3ccc(CCCC)cc3)CC2)cc1. The van der Waals surface area contributed by atoms with E-state index < -0.39 is 18.2 Å². The number of allylic oxidation sites excluding steroid dienone is 4. The number of aliphatic hydroxyl groups excluding tert-OH is 1. The Balaban J connectivity index is 1.41. The van der Waals surface area contributed by atoms with Crippen LogP contribution in [0.4, 0.5) is 0 Å². The minimum Gasteiger partial charge on any atom is -0.494 e. The van der Waals surface area contributed by atoms with Gasteiger partial charge in [-0.3, -0.25) is 0 Å². The van der Waals surface area contributed by atoms with Crippen molar-refractivity contribution in [1.29, 1.82) is 0 Å². The monoisotopic (exact) mass is 520 g/mol. The van der Waals surface area contributed by atoms with Crippen LogP contribution in [0.15, 0.2) is 84.9 Å². The maximum absolute atomic E-state index is 12.5. The Bertz CT molecular complexity index is 1110. The summed E-state index contributed by atoms with van der Waals surface area (Å²) in [6, 6.07) is 14.6. The maximum atomic E-state index is 12.5. The summed E-state index contributed by atoms with van der Waals surface area (Å²) in [5, 5.41) is 10.4. The lowest BCUT2D eigenvalue weighted by Gasteiger charge is -2.19. The molecule has 0 aliphatic heterocycles. The molecule has 1 N–H and O–H groups in total. The number of aryl methyl sites for hydroxylation is 1. The Morgan fingerprint density at radius 1 is 0.947 bits per heavy atom. The fraction of sp³-hybridized carbons (Fsp3) is 0.355. The topological polar surface area (TPSA) is 91.3 Å². The first-order valence-electron chi connectivity index (χ1n) is 13.1. The van der Waals surface area contributed by atoms with Crippen molar-refractivity contribution in [2.45, 2.75) is 58.2 Å². The minimum atomic E-state index is -1.05.